The van der Waals surface area contributed by atoms with Crippen molar-refractivity contribution in [3.05, 3.63) is 70.9 Å². The van der Waals surface area contributed by atoms with E-state index in [-0.39, 0.29) is 12.3 Å². The summed E-state index contributed by atoms with van der Waals surface area (Å²) in [5, 5.41) is 12.8. The molecular formula is C22H22N2O4. The van der Waals surface area contributed by atoms with Crippen molar-refractivity contribution in [3.8, 4) is 0 Å². The molecule has 0 radical (unpaired) electrons. The number of hydrogen-bond donors (Lipinski definition) is 2. The van der Waals surface area contributed by atoms with E-state index in [2.05, 4.69) is 5.32 Å². The fourth-order valence-corrected chi connectivity index (χ4v) is 3.50. The molecule has 0 aliphatic carbocycles. The van der Waals surface area contributed by atoms with Gasteiger partial charge in [0.15, 0.2) is 0 Å². The Bertz CT molecular complexity index is 1060. The first-order chi connectivity index (χ1) is 13.3. The van der Waals surface area contributed by atoms with Gasteiger partial charge in [-0.05, 0) is 25.5 Å². The predicted molar refractivity (Wildman–Crippen MR) is 107 cm³/mol. The minimum Gasteiger partial charge on any atom is -0.481 e. The second-order valence-electron chi connectivity index (χ2n) is 6.99. The molecule has 3 aromatic rings. The summed E-state index contributed by atoms with van der Waals surface area (Å²) in [6.07, 6.45) is 1.27. The fourth-order valence-electron chi connectivity index (χ4n) is 3.50. The summed E-state index contributed by atoms with van der Waals surface area (Å²) in [5.74, 6) is -1.62. The summed E-state index contributed by atoms with van der Waals surface area (Å²) in [6, 6.07) is 12.2. The second-order valence-corrected chi connectivity index (χ2v) is 6.99. The van der Waals surface area contributed by atoms with Gasteiger partial charge in [0, 0.05) is 18.5 Å². The van der Waals surface area contributed by atoms with Gasteiger partial charge < -0.3 is 10.4 Å². The van der Waals surface area contributed by atoms with Crippen molar-refractivity contribution in [1.29, 1.82) is 0 Å². The van der Waals surface area contributed by atoms with Crippen LogP contribution in [0.3, 0.4) is 0 Å². The van der Waals surface area contributed by atoms with Crippen LogP contribution in [0.25, 0.3) is 10.9 Å². The van der Waals surface area contributed by atoms with Crippen molar-refractivity contribution >= 4 is 28.7 Å². The number of nitrogens with one attached hydrogen (secondary N) is 1. The summed E-state index contributed by atoms with van der Waals surface area (Å²) in [7, 11) is 0. The van der Waals surface area contributed by atoms with Crippen molar-refractivity contribution in [3.63, 3.8) is 0 Å². The predicted octanol–water partition coefficient (Wildman–Crippen LogP) is 3.86. The highest BCUT2D eigenvalue weighted by atomic mass is 16.4. The second kappa shape index (κ2) is 7.68. The van der Waals surface area contributed by atoms with E-state index in [9.17, 15) is 19.5 Å². The first-order valence-electron chi connectivity index (χ1n) is 8.98. The topological polar surface area (TPSA) is 88.4 Å². The number of aromatic nitrogens is 1. The average molecular weight is 378 g/mol. The van der Waals surface area contributed by atoms with E-state index in [0.29, 0.717) is 16.5 Å². The Hall–Kier alpha value is -3.41. The lowest BCUT2D eigenvalue weighted by Gasteiger charge is -2.18. The minimum absolute atomic E-state index is 0.202. The molecule has 2 N–H and O–H groups in total. The maximum atomic E-state index is 13.0. The van der Waals surface area contributed by atoms with Crippen LogP contribution < -0.4 is 5.32 Å². The van der Waals surface area contributed by atoms with Crippen LogP contribution >= 0.6 is 0 Å². The van der Waals surface area contributed by atoms with Crippen LogP contribution in [0.2, 0.25) is 0 Å². The number of benzene rings is 2. The Morgan fingerprint density at radius 2 is 1.71 bits per heavy atom. The van der Waals surface area contributed by atoms with Gasteiger partial charge in [-0.15, -0.1) is 0 Å². The highest BCUT2D eigenvalue weighted by Crippen LogP contribution is 2.24. The number of fused-ring (bicyclic) bond motifs is 1. The molecule has 0 saturated carbocycles. The molecule has 1 heterocycles. The lowest BCUT2D eigenvalue weighted by molar-refractivity contribution is -0.137. The van der Waals surface area contributed by atoms with Gasteiger partial charge in [-0.2, -0.15) is 0 Å². The van der Waals surface area contributed by atoms with Gasteiger partial charge in [-0.3, -0.25) is 19.0 Å². The molecule has 1 amide bonds. The Kier molecular flexibility index (Phi) is 5.31. The van der Waals surface area contributed by atoms with Gasteiger partial charge in [0.05, 0.1) is 23.5 Å². The standard InChI is InChI=1S/C22H22N2O4/c1-13-8-14(2)10-16(9-13)19(11-21(26)27)23-22(28)18-12-24(15(3)25)20-7-5-4-6-17(18)20/h4-10,12,19H,11H2,1-3H3,(H,23,28)(H,26,27). The fraction of sp³-hybridized carbons (Fsp3) is 0.227. The van der Waals surface area contributed by atoms with E-state index in [1.165, 1.54) is 17.7 Å². The summed E-state index contributed by atoms with van der Waals surface area (Å²) < 4.78 is 1.42. The van der Waals surface area contributed by atoms with Crippen LogP contribution in [0.15, 0.2) is 48.7 Å². The zero-order chi connectivity index (χ0) is 20.4. The molecule has 1 unspecified atom stereocenters. The number of hydrogen-bond acceptors (Lipinski definition) is 3. The zero-order valence-corrected chi connectivity index (χ0v) is 16.0. The average Bonchev–Trinajstić information content (AvgIpc) is 3.00. The number of carboxylic acid groups (broad SMARTS) is 1. The Morgan fingerprint density at radius 3 is 2.32 bits per heavy atom. The third-order valence-corrected chi connectivity index (χ3v) is 4.63. The molecule has 0 aliphatic rings. The summed E-state index contributed by atoms with van der Waals surface area (Å²) in [5.41, 5.74) is 3.70. The highest BCUT2D eigenvalue weighted by Gasteiger charge is 2.22. The Morgan fingerprint density at radius 1 is 1.07 bits per heavy atom. The molecule has 144 valence electrons. The van der Waals surface area contributed by atoms with Gasteiger partial charge in [-0.1, -0.05) is 47.5 Å². The molecule has 0 fully saturated rings. The number of aryl methyl sites for hydroxylation is 2. The van der Waals surface area contributed by atoms with E-state index in [0.717, 1.165) is 16.7 Å². The molecule has 3 rings (SSSR count). The van der Waals surface area contributed by atoms with E-state index < -0.39 is 17.9 Å². The number of carbonyl (C=O) groups is 3. The van der Waals surface area contributed by atoms with Crippen LogP contribution in [-0.2, 0) is 4.79 Å². The number of nitrogens with zero attached hydrogens (tertiary/aromatic N) is 1. The van der Waals surface area contributed by atoms with Crippen molar-refractivity contribution in [2.75, 3.05) is 0 Å². The van der Waals surface area contributed by atoms with E-state index in [1.54, 1.807) is 24.3 Å². The molecule has 0 saturated heterocycles. The van der Waals surface area contributed by atoms with Crippen LogP contribution in [0.5, 0.6) is 0 Å². The normalized spacial score (nSPS) is 12.0. The Labute approximate surface area is 162 Å². The third-order valence-electron chi connectivity index (χ3n) is 4.63. The third kappa shape index (κ3) is 3.96. The van der Waals surface area contributed by atoms with Crippen molar-refractivity contribution < 1.29 is 19.5 Å². The first kappa shape index (κ1) is 19.4. The molecule has 28 heavy (non-hydrogen) atoms. The Balaban J connectivity index is 2.00. The molecule has 1 aromatic heterocycles. The SMILES string of the molecule is CC(=O)n1cc(C(=O)NC(CC(=O)O)c2cc(C)cc(C)c2)c2ccccc21. The zero-order valence-electron chi connectivity index (χ0n) is 16.0. The maximum absolute atomic E-state index is 13.0. The molecule has 0 aliphatic heterocycles. The van der Waals surface area contributed by atoms with Crippen molar-refractivity contribution in [1.82, 2.24) is 9.88 Å². The largest absolute Gasteiger partial charge is 0.481 e. The number of rotatable bonds is 5. The van der Waals surface area contributed by atoms with Crippen LogP contribution in [0, 0.1) is 13.8 Å². The van der Waals surface area contributed by atoms with Crippen LogP contribution in [-0.4, -0.2) is 27.5 Å². The van der Waals surface area contributed by atoms with Crippen LogP contribution in [0.1, 0.15) is 51.2 Å². The summed E-state index contributed by atoms with van der Waals surface area (Å²) in [4.78, 5) is 36.3. The lowest BCUT2D eigenvalue weighted by atomic mass is 9.98. The van der Waals surface area contributed by atoms with Crippen LogP contribution in [0.4, 0.5) is 0 Å². The summed E-state index contributed by atoms with van der Waals surface area (Å²) in [6.45, 7) is 5.28. The van der Waals surface area contributed by atoms with Gasteiger partial charge in [-0.25, -0.2) is 0 Å². The smallest absolute Gasteiger partial charge is 0.305 e. The van der Waals surface area contributed by atoms with Gasteiger partial charge in [0.1, 0.15) is 0 Å². The number of carboxylic acids is 1. The molecule has 0 bridgehead atoms. The monoisotopic (exact) mass is 378 g/mol. The van der Waals surface area contributed by atoms with Crippen molar-refractivity contribution in [2.45, 2.75) is 33.2 Å². The lowest BCUT2D eigenvalue weighted by Crippen LogP contribution is -2.30. The molecule has 1 atom stereocenters. The molecule has 2 aromatic carbocycles. The molecule has 6 nitrogen and oxygen atoms in total. The number of para-hydroxylation sites is 1. The highest BCUT2D eigenvalue weighted by molar-refractivity contribution is 6.09. The van der Waals surface area contributed by atoms with E-state index >= 15 is 0 Å². The maximum Gasteiger partial charge on any atom is 0.305 e. The van der Waals surface area contributed by atoms with E-state index in [1.807, 2.05) is 32.0 Å². The number of carbonyl (C=O) groups excluding carboxylic acids is 2. The molecular weight excluding hydrogens is 356 g/mol. The first-order valence-corrected chi connectivity index (χ1v) is 8.98. The summed E-state index contributed by atoms with van der Waals surface area (Å²) >= 11 is 0. The van der Waals surface area contributed by atoms with E-state index in [4.69, 9.17) is 0 Å². The number of amides is 1. The minimum atomic E-state index is -1.00. The van der Waals surface area contributed by atoms with Gasteiger partial charge in [0.2, 0.25) is 5.91 Å². The quantitative estimate of drug-likeness (QED) is 0.705. The van der Waals surface area contributed by atoms with Gasteiger partial charge in [0.25, 0.3) is 5.91 Å². The van der Waals surface area contributed by atoms with Crippen molar-refractivity contribution in [2.24, 2.45) is 0 Å². The molecule has 6 heteroatoms. The van der Waals surface area contributed by atoms with Gasteiger partial charge >= 0.3 is 5.97 Å². The number of aliphatic carboxylic acids is 1. The molecule has 0 spiro atoms.